The first-order valence-corrected chi connectivity index (χ1v) is 12.4. The number of esters is 6. The molecule has 10 unspecified atom stereocenters. The van der Waals surface area contributed by atoms with Gasteiger partial charge in [-0.25, -0.2) is 0 Å². The second-order valence-corrected chi connectivity index (χ2v) is 9.10. The van der Waals surface area contributed by atoms with Crippen LogP contribution in [0, 0.1) is 0 Å². The number of aliphatic hydroxyl groups is 2. The van der Waals surface area contributed by atoms with Crippen molar-refractivity contribution in [2.75, 3.05) is 13.2 Å². The molecule has 0 spiro atoms. The minimum Gasteiger partial charge on any atom is -0.463 e. The first-order chi connectivity index (χ1) is 19.1. The van der Waals surface area contributed by atoms with Gasteiger partial charge in [0.25, 0.3) is 0 Å². The molecule has 2 fully saturated rings. The lowest BCUT2D eigenvalue weighted by molar-refractivity contribution is -0.377. The van der Waals surface area contributed by atoms with Crippen LogP contribution in [0.1, 0.15) is 41.5 Å². The first-order valence-electron chi connectivity index (χ1n) is 12.4. The topological polar surface area (TPSA) is 226 Å². The normalized spacial score (nSPS) is 33.1. The van der Waals surface area contributed by atoms with E-state index in [2.05, 4.69) is 0 Å². The van der Waals surface area contributed by atoms with Gasteiger partial charge in [-0.1, -0.05) is 0 Å². The van der Waals surface area contributed by atoms with Crippen LogP contribution in [0.2, 0.25) is 0 Å². The van der Waals surface area contributed by atoms with Gasteiger partial charge >= 0.3 is 35.8 Å². The highest BCUT2D eigenvalue weighted by Crippen LogP contribution is 2.33. The quantitative estimate of drug-likeness (QED) is 0.206. The average Bonchev–Trinajstić information content (AvgIpc) is 2.84. The second-order valence-electron chi connectivity index (χ2n) is 9.10. The molecule has 10 atom stereocenters. The van der Waals surface area contributed by atoms with Crippen molar-refractivity contribution in [3.8, 4) is 0 Å². The van der Waals surface area contributed by atoms with Crippen molar-refractivity contribution in [2.45, 2.75) is 103 Å². The summed E-state index contributed by atoms with van der Waals surface area (Å²) >= 11 is 0. The van der Waals surface area contributed by atoms with Gasteiger partial charge in [-0.15, -0.1) is 0 Å². The maximum absolute atomic E-state index is 12.0. The van der Waals surface area contributed by atoms with E-state index in [0.29, 0.717) is 0 Å². The van der Waals surface area contributed by atoms with Crippen LogP contribution in [-0.2, 0) is 71.4 Å². The number of rotatable bonds is 10. The third kappa shape index (κ3) is 9.89. The van der Waals surface area contributed by atoms with Gasteiger partial charge in [0.05, 0.1) is 0 Å². The molecule has 2 saturated heterocycles. The Bertz CT molecular complexity index is 981. The molecule has 2 rings (SSSR count). The van der Waals surface area contributed by atoms with Crippen LogP contribution >= 0.6 is 0 Å². The zero-order valence-corrected chi connectivity index (χ0v) is 23.2. The van der Waals surface area contributed by atoms with Gasteiger partial charge in [-0.2, -0.15) is 0 Å². The summed E-state index contributed by atoms with van der Waals surface area (Å²) in [5.41, 5.74) is 0. The monoisotopic (exact) mass is 594 g/mol. The zero-order chi connectivity index (χ0) is 31.0. The fraction of sp³-hybridized carbons (Fsp3) is 0.750. The van der Waals surface area contributed by atoms with Gasteiger partial charge in [-0.05, 0) is 0 Å². The molecule has 232 valence electrons. The maximum Gasteiger partial charge on any atom is 0.303 e. The van der Waals surface area contributed by atoms with Crippen molar-refractivity contribution in [1.82, 2.24) is 0 Å². The molecule has 2 N–H and O–H groups in total. The fourth-order valence-corrected chi connectivity index (χ4v) is 4.12. The highest BCUT2D eigenvalue weighted by atomic mass is 16.8. The Morgan fingerprint density at radius 1 is 0.512 bits per heavy atom. The molecule has 0 aromatic rings. The van der Waals surface area contributed by atoms with E-state index >= 15 is 0 Å². The van der Waals surface area contributed by atoms with Crippen molar-refractivity contribution < 1.29 is 81.6 Å². The summed E-state index contributed by atoms with van der Waals surface area (Å²) in [6.45, 7) is 5.26. The molecule has 17 heteroatoms. The van der Waals surface area contributed by atoms with Crippen LogP contribution < -0.4 is 0 Å². The average molecular weight is 595 g/mol. The molecule has 2 heterocycles. The van der Waals surface area contributed by atoms with E-state index in [0.717, 1.165) is 41.5 Å². The highest BCUT2D eigenvalue weighted by molar-refractivity contribution is 5.69. The van der Waals surface area contributed by atoms with E-state index in [1.54, 1.807) is 0 Å². The van der Waals surface area contributed by atoms with E-state index in [4.69, 9.17) is 42.6 Å². The van der Waals surface area contributed by atoms with Gasteiger partial charge in [0, 0.05) is 41.5 Å². The Labute approximate surface area is 234 Å². The summed E-state index contributed by atoms with van der Waals surface area (Å²) in [4.78, 5) is 70.3. The van der Waals surface area contributed by atoms with Crippen LogP contribution in [0.3, 0.4) is 0 Å². The number of carbonyl (C=O) groups is 6. The molecule has 41 heavy (non-hydrogen) atoms. The lowest BCUT2D eigenvalue weighted by Gasteiger charge is -2.47. The molecule has 2 aliphatic rings. The molecule has 2 aliphatic heterocycles. The molecule has 0 aliphatic carbocycles. The Hall–Kier alpha value is -3.38. The van der Waals surface area contributed by atoms with Crippen molar-refractivity contribution in [3.05, 3.63) is 0 Å². The largest absolute Gasteiger partial charge is 0.463 e. The van der Waals surface area contributed by atoms with E-state index in [9.17, 15) is 39.0 Å². The Morgan fingerprint density at radius 2 is 0.902 bits per heavy atom. The van der Waals surface area contributed by atoms with Crippen LogP contribution in [-0.4, -0.2) is 121 Å². The minimum absolute atomic E-state index is 0.532. The number of aliphatic hydroxyl groups excluding tert-OH is 2. The standard InChI is InChI=1S/C24H34O17/c1-9(25)33-7-15-19(35-11(3)27)17(31)18(32)23(39-15)41-24-22(38-14(6)30)21(37-13(5)29)20(36-12(4)28)16(40-24)8-34-10(2)26/h15-24,31-32H,7-8H2,1-6H3. The zero-order valence-electron chi connectivity index (χ0n) is 23.2. The summed E-state index contributed by atoms with van der Waals surface area (Å²) in [5.74, 6) is -4.94. The van der Waals surface area contributed by atoms with Crippen molar-refractivity contribution >= 4 is 35.8 Å². The Kier molecular flexibility index (Phi) is 12.4. The summed E-state index contributed by atoms with van der Waals surface area (Å²) in [6.07, 6.45) is -16.2. The van der Waals surface area contributed by atoms with Crippen LogP contribution in [0.4, 0.5) is 0 Å². The van der Waals surface area contributed by atoms with Gasteiger partial charge in [0.15, 0.2) is 30.7 Å². The number of hydrogen-bond acceptors (Lipinski definition) is 17. The molecule has 0 aromatic carbocycles. The minimum atomic E-state index is -1.92. The molecular formula is C24H34O17. The van der Waals surface area contributed by atoms with Gasteiger partial charge < -0.3 is 52.8 Å². The SMILES string of the molecule is CC(=O)OCC1OC(OC2OC(COC(C)=O)C(OC(C)=O)C(OC(C)=O)C2OC(C)=O)C(O)C(O)C1OC(C)=O. The lowest BCUT2D eigenvalue weighted by atomic mass is 9.97. The van der Waals surface area contributed by atoms with Crippen LogP contribution in [0.25, 0.3) is 0 Å². The second kappa shape index (κ2) is 15.0. The Balaban J connectivity index is 2.46. The molecule has 0 amide bonds. The molecular weight excluding hydrogens is 560 g/mol. The summed E-state index contributed by atoms with van der Waals surface area (Å²) in [5, 5.41) is 21.5. The number of ether oxygens (including phenoxy) is 9. The number of carbonyl (C=O) groups excluding carboxylic acids is 6. The van der Waals surface area contributed by atoms with Gasteiger partial charge in [-0.3, -0.25) is 28.8 Å². The lowest BCUT2D eigenvalue weighted by Crippen LogP contribution is -2.66. The van der Waals surface area contributed by atoms with E-state index in [1.807, 2.05) is 0 Å². The van der Waals surface area contributed by atoms with Crippen molar-refractivity contribution in [2.24, 2.45) is 0 Å². The third-order valence-electron chi connectivity index (χ3n) is 5.61. The van der Waals surface area contributed by atoms with Crippen LogP contribution in [0.15, 0.2) is 0 Å². The van der Waals surface area contributed by atoms with Gasteiger partial charge in [0.1, 0.15) is 37.6 Å². The summed E-state index contributed by atoms with van der Waals surface area (Å²) < 4.78 is 48.0. The molecule has 0 radical (unpaired) electrons. The van der Waals surface area contributed by atoms with Crippen LogP contribution in [0.5, 0.6) is 0 Å². The van der Waals surface area contributed by atoms with E-state index in [-0.39, 0.29) is 0 Å². The molecule has 0 bridgehead atoms. The number of hydrogen-bond donors (Lipinski definition) is 2. The third-order valence-corrected chi connectivity index (χ3v) is 5.61. The van der Waals surface area contributed by atoms with Crippen molar-refractivity contribution in [1.29, 1.82) is 0 Å². The van der Waals surface area contributed by atoms with E-state index < -0.39 is 110 Å². The molecule has 0 saturated carbocycles. The maximum atomic E-state index is 12.0. The smallest absolute Gasteiger partial charge is 0.303 e. The first kappa shape index (κ1) is 33.8. The van der Waals surface area contributed by atoms with E-state index in [1.165, 1.54) is 0 Å². The predicted molar refractivity (Wildman–Crippen MR) is 126 cm³/mol. The molecule has 0 aromatic heterocycles. The van der Waals surface area contributed by atoms with Crippen molar-refractivity contribution in [3.63, 3.8) is 0 Å². The fourth-order valence-electron chi connectivity index (χ4n) is 4.12. The summed E-state index contributed by atoms with van der Waals surface area (Å²) in [7, 11) is 0. The highest BCUT2D eigenvalue weighted by Gasteiger charge is 2.55. The predicted octanol–water partition coefficient (Wildman–Crippen LogP) is -1.97. The van der Waals surface area contributed by atoms with Gasteiger partial charge in [0.2, 0.25) is 6.29 Å². The Morgan fingerprint density at radius 3 is 1.37 bits per heavy atom. The summed E-state index contributed by atoms with van der Waals surface area (Å²) in [6, 6.07) is 0. The molecule has 17 nitrogen and oxygen atoms in total.